The quantitative estimate of drug-likeness (QED) is 0.903. The van der Waals surface area contributed by atoms with Crippen molar-refractivity contribution < 1.29 is 4.39 Å². The number of benzene rings is 1. The lowest BCUT2D eigenvalue weighted by molar-refractivity contribution is 0.617. The fourth-order valence-electron chi connectivity index (χ4n) is 1.42. The smallest absolute Gasteiger partial charge is 0.156 e. The van der Waals surface area contributed by atoms with E-state index in [9.17, 15) is 4.39 Å². The standard InChI is InChI=1S/C11H12ClFN2S.ClH/c12-9-3-1-4-10(13)8(9)7-16-11-14-5-2-6-15-11;/h1,3-4H,2,5-7H2,(H,14,15);1H. The van der Waals surface area contributed by atoms with Crippen LogP contribution in [-0.2, 0) is 5.75 Å². The molecule has 0 saturated heterocycles. The molecule has 0 atom stereocenters. The largest absolute Gasteiger partial charge is 0.365 e. The lowest BCUT2D eigenvalue weighted by atomic mass is 10.2. The average Bonchev–Trinajstić information content (AvgIpc) is 2.30. The van der Waals surface area contributed by atoms with Gasteiger partial charge >= 0.3 is 0 Å². The van der Waals surface area contributed by atoms with E-state index in [1.807, 2.05) is 0 Å². The van der Waals surface area contributed by atoms with E-state index in [-0.39, 0.29) is 18.2 Å². The van der Waals surface area contributed by atoms with Gasteiger partial charge in [-0.2, -0.15) is 0 Å². The molecule has 0 aromatic heterocycles. The summed E-state index contributed by atoms with van der Waals surface area (Å²) in [5.41, 5.74) is 0.546. The molecule has 1 aliphatic heterocycles. The van der Waals surface area contributed by atoms with Crippen molar-refractivity contribution in [1.82, 2.24) is 5.32 Å². The first-order valence-corrected chi connectivity index (χ1v) is 6.48. The summed E-state index contributed by atoms with van der Waals surface area (Å²) in [6.45, 7) is 1.79. The summed E-state index contributed by atoms with van der Waals surface area (Å²) in [4.78, 5) is 4.31. The molecule has 0 aliphatic carbocycles. The van der Waals surface area contributed by atoms with Crippen LogP contribution in [0.15, 0.2) is 23.2 Å². The lowest BCUT2D eigenvalue weighted by Gasteiger charge is -2.14. The molecule has 94 valence electrons. The number of hydrogen-bond donors (Lipinski definition) is 1. The minimum atomic E-state index is -0.253. The first-order chi connectivity index (χ1) is 7.77. The Labute approximate surface area is 115 Å². The van der Waals surface area contributed by atoms with E-state index in [2.05, 4.69) is 10.3 Å². The van der Waals surface area contributed by atoms with E-state index < -0.39 is 0 Å². The van der Waals surface area contributed by atoms with Crippen molar-refractivity contribution in [2.75, 3.05) is 13.1 Å². The predicted molar refractivity (Wildman–Crippen MR) is 74.9 cm³/mol. The number of rotatable bonds is 2. The lowest BCUT2D eigenvalue weighted by Crippen LogP contribution is -2.26. The highest BCUT2D eigenvalue weighted by atomic mass is 35.5. The molecule has 0 spiro atoms. The maximum absolute atomic E-state index is 13.4. The summed E-state index contributed by atoms with van der Waals surface area (Å²) >= 11 is 7.43. The first-order valence-electron chi connectivity index (χ1n) is 5.11. The fourth-order valence-corrected chi connectivity index (χ4v) is 2.69. The molecule has 0 amide bonds. The molecular formula is C11H13Cl2FN2S. The average molecular weight is 295 g/mol. The van der Waals surface area contributed by atoms with Gasteiger partial charge in [0.05, 0.1) is 0 Å². The number of amidine groups is 1. The fraction of sp³-hybridized carbons (Fsp3) is 0.364. The van der Waals surface area contributed by atoms with Gasteiger partial charge in [0.2, 0.25) is 0 Å². The number of aliphatic imine (C=N–C) groups is 1. The van der Waals surface area contributed by atoms with Crippen molar-refractivity contribution in [1.29, 1.82) is 0 Å². The van der Waals surface area contributed by atoms with Crippen molar-refractivity contribution in [3.05, 3.63) is 34.6 Å². The van der Waals surface area contributed by atoms with Gasteiger partial charge in [0.25, 0.3) is 0 Å². The van der Waals surface area contributed by atoms with Gasteiger partial charge in [-0.1, -0.05) is 29.4 Å². The highest BCUT2D eigenvalue weighted by Gasteiger charge is 2.10. The number of nitrogens with zero attached hydrogens (tertiary/aromatic N) is 1. The van der Waals surface area contributed by atoms with Gasteiger partial charge in [-0.05, 0) is 18.6 Å². The molecule has 1 aliphatic rings. The third-order valence-corrected chi connectivity index (χ3v) is 3.62. The Morgan fingerprint density at radius 2 is 2.29 bits per heavy atom. The second-order valence-corrected chi connectivity index (χ2v) is 4.83. The van der Waals surface area contributed by atoms with Gasteiger partial charge < -0.3 is 5.32 Å². The van der Waals surface area contributed by atoms with Gasteiger partial charge in [-0.3, -0.25) is 4.99 Å². The van der Waals surface area contributed by atoms with E-state index in [0.717, 1.165) is 24.7 Å². The van der Waals surface area contributed by atoms with Crippen LogP contribution in [0.2, 0.25) is 5.02 Å². The zero-order chi connectivity index (χ0) is 11.4. The van der Waals surface area contributed by atoms with Crippen LogP contribution in [0.25, 0.3) is 0 Å². The second-order valence-electron chi connectivity index (χ2n) is 3.46. The Morgan fingerprint density at radius 3 is 2.94 bits per heavy atom. The molecule has 0 saturated carbocycles. The van der Waals surface area contributed by atoms with Gasteiger partial charge in [-0.15, -0.1) is 12.4 Å². The van der Waals surface area contributed by atoms with E-state index in [1.54, 1.807) is 12.1 Å². The van der Waals surface area contributed by atoms with E-state index in [1.165, 1.54) is 17.8 Å². The maximum Gasteiger partial charge on any atom is 0.156 e. The molecule has 1 N–H and O–H groups in total. The topological polar surface area (TPSA) is 24.4 Å². The molecule has 17 heavy (non-hydrogen) atoms. The van der Waals surface area contributed by atoms with Crippen LogP contribution in [0.5, 0.6) is 0 Å². The summed E-state index contributed by atoms with van der Waals surface area (Å²) in [5.74, 6) is 0.258. The summed E-state index contributed by atoms with van der Waals surface area (Å²) in [7, 11) is 0. The summed E-state index contributed by atoms with van der Waals surface area (Å²) in [6.07, 6.45) is 1.06. The third kappa shape index (κ3) is 4.05. The van der Waals surface area contributed by atoms with Crippen molar-refractivity contribution in [3.8, 4) is 0 Å². The molecule has 2 rings (SSSR count). The van der Waals surface area contributed by atoms with Crippen LogP contribution >= 0.6 is 35.8 Å². The summed E-state index contributed by atoms with van der Waals surface area (Å²) in [5, 5.41) is 4.53. The third-order valence-electron chi connectivity index (χ3n) is 2.28. The van der Waals surface area contributed by atoms with Crippen LogP contribution in [0, 0.1) is 5.82 Å². The number of halogens is 3. The van der Waals surface area contributed by atoms with Crippen molar-refractivity contribution in [3.63, 3.8) is 0 Å². The molecule has 0 unspecified atom stereocenters. The summed E-state index contributed by atoms with van der Waals surface area (Å²) < 4.78 is 13.4. The van der Waals surface area contributed by atoms with Crippen LogP contribution in [0.4, 0.5) is 4.39 Å². The highest BCUT2D eigenvalue weighted by molar-refractivity contribution is 8.13. The Balaban J connectivity index is 0.00000144. The molecular weight excluding hydrogens is 282 g/mol. The SMILES string of the molecule is Cl.Fc1cccc(Cl)c1CSC1=NCCCN1. The van der Waals surface area contributed by atoms with Crippen LogP contribution in [0.3, 0.4) is 0 Å². The molecule has 2 nitrogen and oxygen atoms in total. The highest BCUT2D eigenvalue weighted by Crippen LogP contribution is 2.24. The molecule has 0 bridgehead atoms. The first kappa shape index (κ1) is 14.6. The minimum absolute atomic E-state index is 0. The van der Waals surface area contributed by atoms with Crippen molar-refractivity contribution >= 4 is 40.9 Å². The monoisotopic (exact) mass is 294 g/mol. The zero-order valence-corrected chi connectivity index (χ0v) is 11.5. The normalized spacial score (nSPS) is 14.6. The Hall–Kier alpha value is -0.450. The molecule has 1 heterocycles. The Kier molecular flexibility index (Phi) is 6.09. The van der Waals surface area contributed by atoms with Crippen LogP contribution in [0.1, 0.15) is 12.0 Å². The van der Waals surface area contributed by atoms with E-state index >= 15 is 0 Å². The van der Waals surface area contributed by atoms with Gasteiger partial charge in [0.15, 0.2) is 5.17 Å². The van der Waals surface area contributed by atoms with Gasteiger partial charge in [0, 0.05) is 29.4 Å². The maximum atomic E-state index is 13.4. The molecule has 0 fully saturated rings. The number of hydrogen-bond acceptors (Lipinski definition) is 3. The Morgan fingerprint density at radius 1 is 1.47 bits per heavy atom. The predicted octanol–water partition coefficient (Wildman–Crippen LogP) is 3.48. The summed E-state index contributed by atoms with van der Waals surface area (Å²) in [6, 6.07) is 4.75. The zero-order valence-electron chi connectivity index (χ0n) is 9.08. The van der Waals surface area contributed by atoms with Crippen molar-refractivity contribution in [2.24, 2.45) is 4.99 Å². The minimum Gasteiger partial charge on any atom is -0.365 e. The van der Waals surface area contributed by atoms with E-state index in [0.29, 0.717) is 16.3 Å². The molecule has 0 radical (unpaired) electrons. The molecule has 1 aromatic carbocycles. The van der Waals surface area contributed by atoms with Crippen LogP contribution in [-0.4, -0.2) is 18.3 Å². The second kappa shape index (κ2) is 7.09. The van der Waals surface area contributed by atoms with Gasteiger partial charge in [0.1, 0.15) is 5.82 Å². The van der Waals surface area contributed by atoms with Gasteiger partial charge in [-0.25, -0.2) is 4.39 Å². The molecule has 6 heteroatoms. The van der Waals surface area contributed by atoms with E-state index in [4.69, 9.17) is 11.6 Å². The number of nitrogens with one attached hydrogen (secondary N) is 1. The molecule has 1 aromatic rings. The van der Waals surface area contributed by atoms with Crippen LogP contribution < -0.4 is 5.32 Å². The Bertz CT molecular complexity index is 392. The number of thioether (sulfide) groups is 1. The van der Waals surface area contributed by atoms with Crippen molar-refractivity contribution in [2.45, 2.75) is 12.2 Å².